The Morgan fingerprint density at radius 1 is 0.495 bits per heavy atom. The molecule has 3 amide bonds. The molecule has 0 unspecified atom stereocenters. The number of rotatable bonds is 19. The summed E-state index contributed by atoms with van der Waals surface area (Å²) in [5.74, 6) is 3.58. The molecule has 0 saturated carbocycles. The van der Waals surface area contributed by atoms with E-state index in [4.69, 9.17) is 18.9 Å². The Morgan fingerprint density at radius 3 is 1.26 bits per heavy atom. The van der Waals surface area contributed by atoms with E-state index >= 15 is 0 Å². The molecule has 3 aromatic carbocycles. The Labute approximate surface area is 591 Å². The average Bonchev–Trinajstić information content (AvgIpc) is 1.73. The van der Waals surface area contributed by atoms with E-state index in [9.17, 15) is 18.8 Å². The van der Waals surface area contributed by atoms with Crippen LogP contribution in [0.1, 0.15) is 52.1 Å². The molecule has 2 saturated heterocycles. The Kier molecular flexibility index (Phi) is 23.1. The number of nitrogens with one attached hydrogen (secondary N) is 6. The molecule has 12 aromatic rings. The molecule has 0 radical (unpaired) electrons. The van der Waals surface area contributed by atoms with Crippen molar-refractivity contribution in [1.82, 2.24) is 104 Å². The largest absolute Gasteiger partial charge is 0.450 e. The summed E-state index contributed by atoms with van der Waals surface area (Å²) in [4.78, 5) is 117. The van der Waals surface area contributed by atoms with Gasteiger partial charge in [0.2, 0.25) is 17.8 Å². The first-order valence-corrected chi connectivity index (χ1v) is 33.6. The zero-order valence-electron chi connectivity index (χ0n) is 57.9. The fourth-order valence-corrected chi connectivity index (χ4v) is 11.4. The van der Waals surface area contributed by atoms with Crippen molar-refractivity contribution >= 4 is 69.2 Å². The minimum absolute atomic E-state index is 0.151. The number of hydrogen-bond acceptors (Lipinski definition) is 25. The molecule has 2 aliphatic heterocycles. The van der Waals surface area contributed by atoms with Crippen molar-refractivity contribution in [3.8, 4) is 67.4 Å². The zero-order valence-corrected chi connectivity index (χ0v) is 57.9. The van der Waals surface area contributed by atoms with Crippen LogP contribution >= 0.6 is 0 Å². The van der Waals surface area contributed by atoms with E-state index in [1.807, 2.05) is 61.7 Å². The van der Waals surface area contributed by atoms with E-state index in [0.29, 0.717) is 77.1 Å². The molecule has 0 spiro atoms. The van der Waals surface area contributed by atoms with Crippen LogP contribution in [-0.2, 0) is 38.6 Å². The molecular formula is C71H77FN24O7. The normalized spacial score (nSPS) is 13.5. The Balaban J connectivity index is 0.000000146. The lowest BCUT2D eigenvalue weighted by Gasteiger charge is -2.36. The van der Waals surface area contributed by atoms with Crippen molar-refractivity contribution in [3.63, 3.8) is 0 Å². The van der Waals surface area contributed by atoms with Gasteiger partial charge >= 0.3 is 18.3 Å². The van der Waals surface area contributed by atoms with Gasteiger partial charge in [-0.3, -0.25) is 35.6 Å². The number of aromatic nitrogens is 17. The fraction of sp³-hybridized carbons (Fsp3) is 0.310. The molecule has 6 N–H and O–H groups in total. The molecule has 2 fully saturated rings. The fourth-order valence-electron chi connectivity index (χ4n) is 11.4. The summed E-state index contributed by atoms with van der Waals surface area (Å²) in [6, 6.07) is 18.4. The maximum Gasteiger partial charge on any atom is 0.413 e. The number of aromatic amines is 3. The smallest absolute Gasteiger partial charge is 0.413 e. The van der Waals surface area contributed by atoms with Crippen molar-refractivity contribution in [1.29, 1.82) is 0 Å². The lowest BCUT2D eigenvalue weighted by Crippen LogP contribution is -2.48. The van der Waals surface area contributed by atoms with Crippen LogP contribution < -0.4 is 16.0 Å². The third-order valence-electron chi connectivity index (χ3n) is 16.4. The van der Waals surface area contributed by atoms with Gasteiger partial charge in [0.25, 0.3) is 0 Å². The number of hydrogen-bond donors (Lipinski definition) is 6. The number of carbonyl (C=O) groups is 3. The SMILES string of the molecule is CCOC(=O)Nc1nc2c(-c3ncccc3F)cc(-c3cnc(CN4CCOCC4)nc3)cc2[nH]1.CCOC(=O)Nc1nc2c(-c3ncccn3)cc(-c3cnc(CN(C)C)nc3)cc2[nH]1.CCOC(=O)Nc1nc2c(-c3ncccn3)cc(-c3cnc(CN4CCN(C(C)C)CC4)nc3)cc2[nH]1. The minimum atomic E-state index is -0.637. The summed E-state index contributed by atoms with van der Waals surface area (Å²) < 4.78 is 34.9. The lowest BCUT2D eigenvalue weighted by molar-refractivity contribution is 0.0330. The van der Waals surface area contributed by atoms with Crippen LogP contribution in [0, 0.1) is 5.82 Å². The predicted molar refractivity (Wildman–Crippen MR) is 384 cm³/mol. The summed E-state index contributed by atoms with van der Waals surface area (Å²) >= 11 is 0. The highest BCUT2D eigenvalue weighted by Gasteiger charge is 2.23. The van der Waals surface area contributed by atoms with Crippen molar-refractivity contribution in [2.75, 3.05) is 102 Å². The summed E-state index contributed by atoms with van der Waals surface area (Å²) in [5.41, 5.74) is 10.8. The van der Waals surface area contributed by atoms with Gasteiger partial charge in [-0.15, -0.1) is 0 Å². The van der Waals surface area contributed by atoms with Crippen LogP contribution in [0.5, 0.6) is 0 Å². The third-order valence-corrected chi connectivity index (χ3v) is 16.4. The highest BCUT2D eigenvalue weighted by atomic mass is 19.1. The quantitative estimate of drug-likeness (QED) is 0.0410. The van der Waals surface area contributed by atoms with Gasteiger partial charge in [-0.2, -0.15) is 0 Å². The number of ether oxygens (including phenoxy) is 4. The number of anilines is 3. The number of nitrogens with zero attached hydrogens (tertiary/aromatic N) is 18. The van der Waals surface area contributed by atoms with Crippen molar-refractivity contribution in [2.45, 2.75) is 60.3 Å². The van der Waals surface area contributed by atoms with Gasteiger partial charge in [0.1, 0.15) is 45.5 Å². The lowest BCUT2D eigenvalue weighted by atomic mass is 10.0. The first-order chi connectivity index (χ1) is 50.1. The summed E-state index contributed by atoms with van der Waals surface area (Å²) in [6.45, 7) is 19.8. The maximum atomic E-state index is 14.7. The van der Waals surface area contributed by atoms with Crippen LogP contribution in [0.4, 0.5) is 36.6 Å². The van der Waals surface area contributed by atoms with E-state index < -0.39 is 24.1 Å². The molecule has 0 atom stereocenters. The molecule has 530 valence electrons. The van der Waals surface area contributed by atoms with Gasteiger partial charge in [0.15, 0.2) is 11.6 Å². The molecule has 32 heteroatoms. The van der Waals surface area contributed by atoms with Crippen LogP contribution in [-0.4, -0.2) is 215 Å². The molecule has 0 aliphatic carbocycles. The van der Waals surface area contributed by atoms with Gasteiger partial charge in [-0.05, 0) is 126 Å². The highest BCUT2D eigenvalue weighted by Crippen LogP contribution is 2.36. The van der Waals surface area contributed by atoms with E-state index in [1.165, 1.54) is 18.3 Å². The van der Waals surface area contributed by atoms with Crippen molar-refractivity contribution < 1.29 is 37.7 Å². The number of imidazole rings is 3. The number of fused-ring (bicyclic) bond motifs is 3. The monoisotopic (exact) mass is 1400 g/mol. The van der Waals surface area contributed by atoms with Crippen LogP contribution in [0.25, 0.3) is 101 Å². The number of piperazine rings is 1. The van der Waals surface area contributed by atoms with Gasteiger partial charge < -0.3 is 38.8 Å². The van der Waals surface area contributed by atoms with E-state index in [-0.39, 0.29) is 43.4 Å². The minimum Gasteiger partial charge on any atom is -0.450 e. The molecule has 9 aromatic heterocycles. The second-order valence-electron chi connectivity index (χ2n) is 24.2. The van der Waals surface area contributed by atoms with Gasteiger partial charge in [-0.1, -0.05) is 0 Å². The third kappa shape index (κ3) is 18.2. The molecule has 31 nitrogen and oxygen atoms in total. The van der Waals surface area contributed by atoms with E-state index in [0.717, 1.165) is 113 Å². The molecule has 14 rings (SSSR count). The average molecular weight is 1400 g/mol. The van der Waals surface area contributed by atoms with E-state index in [2.05, 4.69) is 129 Å². The van der Waals surface area contributed by atoms with Gasteiger partial charge in [0, 0.05) is 147 Å². The predicted octanol–water partition coefficient (Wildman–Crippen LogP) is 10.3. The summed E-state index contributed by atoms with van der Waals surface area (Å²) in [7, 11) is 3.94. The summed E-state index contributed by atoms with van der Waals surface area (Å²) in [6.07, 6.45) is 17.2. The number of carbonyl (C=O) groups excluding carboxylic acids is 3. The first-order valence-electron chi connectivity index (χ1n) is 33.6. The molecule has 0 bridgehead atoms. The molecule has 11 heterocycles. The Bertz CT molecular complexity index is 4840. The number of benzene rings is 3. The number of halogens is 1. The Morgan fingerprint density at radius 2 is 0.874 bits per heavy atom. The first kappa shape index (κ1) is 71.0. The van der Waals surface area contributed by atoms with Crippen LogP contribution in [0.2, 0.25) is 0 Å². The second-order valence-corrected chi connectivity index (χ2v) is 24.2. The topological polar surface area (TPSA) is 365 Å². The number of amides is 3. The number of pyridine rings is 1. The summed E-state index contributed by atoms with van der Waals surface area (Å²) in [5, 5.41) is 7.77. The second kappa shape index (κ2) is 33.6. The standard InChI is InChI=1S/C26H31N9O2.C24H24FN7O3.C21H22N8O2/c1-4-37-26(36)33-25-31-21-13-18(12-20(23(21)32-25)24-27-6-5-7-28-24)19-14-29-22(30-15-19)16-34-8-10-35(11-9-34)17(2)3;1-2-35-24(33)31-23-29-19-11-15(10-17(22(19)30-23)21-18(25)4-3-5-26-21)16-12-27-20(28-13-16)14-32-6-8-34-9-7-32;1-4-31-21(30)28-20-26-16-9-13(14-10-24-17(25-11-14)12-29(2)3)8-15(18(16)27-20)19-22-6-5-7-23-19/h5-7,12-15,17H,4,8-11,16H2,1-3H3,(H2,31,32,33,36);3-5,10-13H,2,6-9,14H2,1H3,(H2,29,30,31,33);5-11H,4,12H2,1-3H3,(H2,26,27,28,30). The zero-order chi connectivity index (χ0) is 71.8. The van der Waals surface area contributed by atoms with Crippen LogP contribution in [0.15, 0.2) is 129 Å². The maximum absolute atomic E-state index is 14.7. The molecule has 2 aliphatic rings. The van der Waals surface area contributed by atoms with Gasteiger partial charge in [-0.25, -0.2) is 83.6 Å². The van der Waals surface area contributed by atoms with E-state index in [1.54, 1.807) is 88.5 Å². The highest BCUT2D eigenvalue weighted by molar-refractivity contribution is 6.00. The van der Waals surface area contributed by atoms with Crippen molar-refractivity contribution in [3.05, 3.63) is 152 Å². The Hall–Kier alpha value is -11.8. The van der Waals surface area contributed by atoms with Crippen molar-refractivity contribution in [2.24, 2.45) is 0 Å². The molecular weight excluding hydrogens is 1320 g/mol. The molecule has 103 heavy (non-hydrogen) atoms. The van der Waals surface area contributed by atoms with Gasteiger partial charge in [0.05, 0.1) is 69.2 Å². The number of H-pyrrole nitrogens is 3. The van der Waals surface area contributed by atoms with Crippen LogP contribution in [0.3, 0.4) is 0 Å². The number of morpholine rings is 1.